The van der Waals surface area contributed by atoms with Crippen molar-refractivity contribution in [1.29, 1.82) is 0 Å². The van der Waals surface area contributed by atoms with Crippen LogP contribution in [-0.4, -0.2) is 9.97 Å². The van der Waals surface area contributed by atoms with Crippen LogP contribution in [0.15, 0.2) is 218 Å². The summed E-state index contributed by atoms with van der Waals surface area (Å²) in [6.45, 7) is 0. The maximum absolute atomic E-state index is 5.32. The van der Waals surface area contributed by atoms with Crippen molar-refractivity contribution in [3.63, 3.8) is 0 Å². The molecular formula is C57H36N2S. The van der Waals surface area contributed by atoms with E-state index in [9.17, 15) is 0 Å². The molecule has 1 aliphatic rings. The summed E-state index contributed by atoms with van der Waals surface area (Å²) in [4.78, 5) is 10.6. The zero-order valence-electron chi connectivity index (χ0n) is 32.6. The molecule has 280 valence electrons. The topological polar surface area (TPSA) is 25.8 Å². The molecule has 1 aliphatic carbocycles. The van der Waals surface area contributed by atoms with Crippen LogP contribution in [0.3, 0.4) is 0 Å². The first-order valence-electron chi connectivity index (χ1n) is 20.5. The SMILES string of the molecule is c1ccc(-c2nc(-c3ccc(-c4ccc5c(c4)C(c4ccccc4)(c4ccccc4)c4ccccc4-5)c4ccccc34)cc(-c3cccc4c3sc3ccccc34)n2)cc1. The second-order valence-corrected chi connectivity index (χ2v) is 16.7. The minimum Gasteiger partial charge on any atom is -0.228 e. The molecule has 0 unspecified atom stereocenters. The maximum atomic E-state index is 5.32. The predicted molar refractivity (Wildman–Crippen MR) is 251 cm³/mol. The van der Waals surface area contributed by atoms with Crippen LogP contribution in [-0.2, 0) is 5.41 Å². The molecule has 0 saturated heterocycles. The maximum Gasteiger partial charge on any atom is 0.160 e. The molecule has 0 fully saturated rings. The van der Waals surface area contributed by atoms with Crippen LogP contribution in [0.5, 0.6) is 0 Å². The first kappa shape index (κ1) is 34.6. The van der Waals surface area contributed by atoms with Crippen LogP contribution in [0, 0.1) is 0 Å². The van der Waals surface area contributed by atoms with Crippen molar-refractivity contribution in [2.24, 2.45) is 0 Å². The van der Waals surface area contributed by atoms with Gasteiger partial charge in [-0.25, -0.2) is 9.97 Å². The summed E-state index contributed by atoms with van der Waals surface area (Å²) >= 11 is 1.83. The van der Waals surface area contributed by atoms with Gasteiger partial charge in [-0.15, -0.1) is 11.3 Å². The van der Waals surface area contributed by atoms with Gasteiger partial charge in [0, 0.05) is 36.9 Å². The standard InChI is InChI=1S/C57H36N2S/c1-4-17-37(18-5-1)56-58-52(36-53(59-56)49-28-16-27-48-47-26-13-15-30-54(47)60-55(48)49)46-34-33-41(42-23-10-11-24-43(42)46)38-31-32-45-44-25-12-14-29-50(44)57(51(45)35-38,39-19-6-2-7-20-39)40-21-8-3-9-22-40/h1-36H. The van der Waals surface area contributed by atoms with Crippen molar-refractivity contribution in [3.05, 3.63) is 241 Å². The Kier molecular flexibility index (Phi) is 7.97. The summed E-state index contributed by atoms with van der Waals surface area (Å²) in [5.74, 6) is 0.714. The first-order chi connectivity index (χ1) is 29.8. The van der Waals surface area contributed by atoms with E-state index in [-0.39, 0.29) is 0 Å². The van der Waals surface area contributed by atoms with Gasteiger partial charge >= 0.3 is 0 Å². The van der Waals surface area contributed by atoms with Crippen LogP contribution in [0.1, 0.15) is 22.3 Å². The highest BCUT2D eigenvalue weighted by molar-refractivity contribution is 7.26. The summed E-state index contributed by atoms with van der Waals surface area (Å²) in [6.07, 6.45) is 0. The number of hydrogen-bond acceptors (Lipinski definition) is 3. The highest BCUT2D eigenvalue weighted by atomic mass is 32.1. The zero-order chi connectivity index (χ0) is 39.6. The lowest BCUT2D eigenvalue weighted by Gasteiger charge is -2.34. The molecule has 0 amide bonds. The Bertz CT molecular complexity index is 3380. The molecule has 2 heterocycles. The van der Waals surface area contributed by atoms with Crippen molar-refractivity contribution in [2.75, 3.05) is 0 Å². The molecule has 60 heavy (non-hydrogen) atoms. The molecule has 0 atom stereocenters. The van der Waals surface area contributed by atoms with Crippen molar-refractivity contribution in [3.8, 4) is 56.2 Å². The van der Waals surface area contributed by atoms with E-state index in [1.54, 1.807) is 0 Å². The Hall–Kier alpha value is -7.46. The fraction of sp³-hybridized carbons (Fsp3) is 0.0175. The monoisotopic (exact) mass is 780 g/mol. The first-order valence-corrected chi connectivity index (χ1v) is 21.3. The molecule has 0 saturated carbocycles. The lowest BCUT2D eigenvalue weighted by atomic mass is 9.67. The van der Waals surface area contributed by atoms with E-state index in [0.717, 1.165) is 33.5 Å². The fourth-order valence-electron chi connectivity index (χ4n) is 9.77. The summed E-state index contributed by atoms with van der Waals surface area (Å²) in [7, 11) is 0. The van der Waals surface area contributed by atoms with Crippen LogP contribution in [0.4, 0.5) is 0 Å². The molecule has 0 N–H and O–H groups in total. The second-order valence-electron chi connectivity index (χ2n) is 15.6. The Balaban J connectivity index is 1.06. The summed E-state index contributed by atoms with van der Waals surface area (Å²) < 4.78 is 2.52. The molecule has 2 aromatic heterocycles. The van der Waals surface area contributed by atoms with Gasteiger partial charge in [-0.2, -0.15) is 0 Å². The van der Waals surface area contributed by atoms with E-state index >= 15 is 0 Å². The Labute approximate surface area is 352 Å². The lowest BCUT2D eigenvalue weighted by Crippen LogP contribution is -2.28. The van der Waals surface area contributed by atoms with Crippen molar-refractivity contribution < 1.29 is 0 Å². The van der Waals surface area contributed by atoms with E-state index in [1.807, 2.05) is 17.4 Å². The molecule has 0 spiro atoms. The summed E-state index contributed by atoms with van der Waals surface area (Å²) in [5.41, 5.74) is 14.6. The molecule has 11 aromatic rings. The van der Waals surface area contributed by atoms with Crippen molar-refractivity contribution in [1.82, 2.24) is 9.97 Å². The number of aromatic nitrogens is 2. The van der Waals surface area contributed by atoms with Gasteiger partial charge in [-0.05, 0) is 73.5 Å². The van der Waals surface area contributed by atoms with Crippen LogP contribution in [0.25, 0.3) is 87.1 Å². The van der Waals surface area contributed by atoms with Crippen molar-refractivity contribution >= 4 is 42.3 Å². The van der Waals surface area contributed by atoms with E-state index in [1.165, 1.54) is 70.1 Å². The van der Waals surface area contributed by atoms with Gasteiger partial charge in [0.1, 0.15) is 0 Å². The Morgan fingerprint density at radius 1 is 0.333 bits per heavy atom. The molecular weight excluding hydrogens is 745 g/mol. The molecule has 0 aliphatic heterocycles. The van der Waals surface area contributed by atoms with E-state index in [0.29, 0.717) is 5.82 Å². The third kappa shape index (κ3) is 5.26. The van der Waals surface area contributed by atoms with E-state index in [4.69, 9.17) is 9.97 Å². The largest absolute Gasteiger partial charge is 0.228 e. The van der Waals surface area contributed by atoms with Crippen LogP contribution >= 0.6 is 11.3 Å². The smallest absolute Gasteiger partial charge is 0.160 e. The second kappa shape index (κ2) is 13.8. The minimum atomic E-state index is -0.470. The summed E-state index contributed by atoms with van der Waals surface area (Å²) in [6, 6.07) is 79.3. The molecule has 3 heteroatoms. The number of thiophene rings is 1. The molecule has 0 bridgehead atoms. The Morgan fingerprint density at radius 3 is 1.62 bits per heavy atom. The molecule has 0 radical (unpaired) electrons. The quantitative estimate of drug-likeness (QED) is 0.168. The number of benzene rings is 9. The van der Waals surface area contributed by atoms with Gasteiger partial charge < -0.3 is 0 Å². The van der Waals surface area contributed by atoms with Gasteiger partial charge in [-0.3, -0.25) is 0 Å². The number of hydrogen-bond donors (Lipinski definition) is 0. The highest BCUT2D eigenvalue weighted by Crippen LogP contribution is 2.57. The average molecular weight is 781 g/mol. The average Bonchev–Trinajstić information content (AvgIpc) is 3.86. The predicted octanol–water partition coefficient (Wildman–Crippen LogP) is 15.0. The molecule has 9 aromatic carbocycles. The van der Waals surface area contributed by atoms with Crippen LogP contribution in [0.2, 0.25) is 0 Å². The number of rotatable bonds is 6. The molecule has 12 rings (SSSR count). The van der Waals surface area contributed by atoms with E-state index < -0.39 is 5.41 Å². The third-order valence-electron chi connectivity index (χ3n) is 12.4. The van der Waals surface area contributed by atoms with Crippen molar-refractivity contribution in [2.45, 2.75) is 5.41 Å². The molecule has 2 nitrogen and oxygen atoms in total. The van der Waals surface area contributed by atoms with Crippen LogP contribution < -0.4 is 0 Å². The Morgan fingerprint density at radius 2 is 0.867 bits per heavy atom. The summed E-state index contributed by atoms with van der Waals surface area (Å²) in [5, 5.41) is 4.87. The number of fused-ring (bicyclic) bond motifs is 7. The van der Waals surface area contributed by atoms with E-state index in [2.05, 4.69) is 212 Å². The number of nitrogens with zero attached hydrogens (tertiary/aromatic N) is 2. The van der Waals surface area contributed by atoms with Gasteiger partial charge in [0.2, 0.25) is 0 Å². The zero-order valence-corrected chi connectivity index (χ0v) is 33.4. The lowest BCUT2D eigenvalue weighted by molar-refractivity contribution is 0.769. The minimum absolute atomic E-state index is 0.470. The normalized spacial score (nSPS) is 12.8. The highest BCUT2D eigenvalue weighted by Gasteiger charge is 2.46. The van der Waals surface area contributed by atoms with Gasteiger partial charge in [0.05, 0.1) is 16.8 Å². The van der Waals surface area contributed by atoms with Gasteiger partial charge in [0.15, 0.2) is 5.82 Å². The van der Waals surface area contributed by atoms with Gasteiger partial charge in [-0.1, -0.05) is 200 Å². The van der Waals surface area contributed by atoms with Gasteiger partial charge in [0.25, 0.3) is 0 Å². The fourth-order valence-corrected chi connectivity index (χ4v) is 11.0. The third-order valence-corrected chi connectivity index (χ3v) is 13.6.